The zero-order valence-corrected chi connectivity index (χ0v) is 14.1. The Morgan fingerprint density at radius 1 is 1.38 bits per heavy atom. The van der Waals surface area contributed by atoms with Crippen molar-refractivity contribution in [3.8, 4) is 17.0 Å². The standard InChI is InChI=1S/C17H24N2OS/c1-5-12(2)13-6-7-16(20-4)14(10-13)15-11-21-17(19-15)8-9-18-3/h6-7,10-12,18H,5,8-9H2,1-4H3. The number of ether oxygens (including phenoxy) is 1. The van der Waals surface area contributed by atoms with Gasteiger partial charge in [-0.2, -0.15) is 0 Å². The molecule has 1 aromatic carbocycles. The first-order valence-electron chi connectivity index (χ1n) is 7.46. The van der Waals surface area contributed by atoms with Crippen molar-refractivity contribution >= 4 is 11.3 Å². The van der Waals surface area contributed by atoms with Gasteiger partial charge >= 0.3 is 0 Å². The normalized spacial score (nSPS) is 12.4. The first kappa shape index (κ1) is 16.0. The molecule has 0 spiro atoms. The number of benzene rings is 1. The van der Waals surface area contributed by atoms with Crippen LogP contribution in [0.5, 0.6) is 5.75 Å². The summed E-state index contributed by atoms with van der Waals surface area (Å²) in [6.45, 7) is 5.43. The number of hydrogen-bond acceptors (Lipinski definition) is 4. The second kappa shape index (κ2) is 7.57. The molecule has 2 aromatic rings. The van der Waals surface area contributed by atoms with Gasteiger partial charge in [0, 0.05) is 23.9 Å². The van der Waals surface area contributed by atoms with Gasteiger partial charge in [0.2, 0.25) is 0 Å². The zero-order chi connectivity index (χ0) is 15.2. The SMILES string of the molecule is CCC(C)c1ccc(OC)c(-c2csc(CCNC)n2)c1. The molecular formula is C17H24N2OS. The van der Waals surface area contributed by atoms with Gasteiger partial charge in [0.05, 0.1) is 17.8 Å². The van der Waals surface area contributed by atoms with Crippen LogP contribution in [0.25, 0.3) is 11.3 Å². The van der Waals surface area contributed by atoms with Crippen LogP contribution >= 0.6 is 11.3 Å². The largest absolute Gasteiger partial charge is 0.496 e. The van der Waals surface area contributed by atoms with E-state index in [1.165, 1.54) is 5.56 Å². The van der Waals surface area contributed by atoms with E-state index in [4.69, 9.17) is 9.72 Å². The predicted octanol–water partition coefficient (Wildman–Crippen LogP) is 4.09. The molecule has 3 nitrogen and oxygen atoms in total. The van der Waals surface area contributed by atoms with Crippen molar-refractivity contribution < 1.29 is 4.74 Å². The number of nitrogens with one attached hydrogen (secondary N) is 1. The molecule has 0 aliphatic carbocycles. The number of aromatic nitrogens is 1. The van der Waals surface area contributed by atoms with Gasteiger partial charge in [0.1, 0.15) is 5.75 Å². The average molecular weight is 304 g/mol. The molecule has 0 saturated heterocycles. The monoisotopic (exact) mass is 304 g/mol. The fourth-order valence-electron chi connectivity index (χ4n) is 2.25. The molecule has 1 aromatic heterocycles. The molecule has 1 atom stereocenters. The van der Waals surface area contributed by atoms with Gasteiger partial charge in [-0.15, -0.1) is 11.3 Å². The minimum atomic E-state index is 0.553. The molecule has 0 amide bonds. The van der Waals surface area contributed by atoms with Crippen LogP contribution in [-0.4, -0.2) is 25.7 Å². The van der Waals surface area contributed by atoms with Crippen molar-refractivity contribution in [3.05, 3.63) is 34.2 Å². The molecule has 0 fully saturated rings. The van der Waals surface area contributed by atoms with E-state index in [-0.39, 0.29) is 0 Å². The van der Waals surface area contributed by atoms with Gasteiger partial charge < -0.3 is 10.1 Å². The van der Waals surface area contributed by atoms with Crippen molar-refractivity contribution in [3.63, 3.8) is 0 Å². The Kier molecular flexibility index (Phi) is 5.76. The second-order valence-corrected chi connectivity index (χ2v) is 6.19. The number of methoxy groups -OCH3 is 1. The van der Waals surface area contributed by atoms with E-state index in [0.29, 0.717) is 5.92 Å². The van der Waals surface area contributed by atoms with Crippen molar-refractivity contribution in [2.75, 3.05) is 20.7 Å². The number of likely N-dealkylation sites (N-methyl/N-ethyl adjacent to an activating group) is 1. The molecule has 4 heteroatoms. The van der Waals surface area contributed by atoms with Gasteiger partial charge in [0.25, 0.3) is 0 Å². The Hall–Kier alpha value is -1.39. The first-order chi connectivity index (χ1) is 10.2. The highest BCUT2D eigenvalue weighted by Gasteiger charge is 2.13. The highest BCUT2D eigenvalue weighted by molar-refractivity contribution is 7.09. The maximum absolute atomic E-state index is 5.51. The van der Waals surface area contributed by atoms with Gasteiger partial charge in [-0.25, -0.2) is 4.98 Å². The molecule has 0 bridgehead atoms. The maximum atomic E-state index is 5.51. The molecule has 21 heavy (non-hydrogen) atoms. The van der Waals surface area contributed by atoms with Crippen LogP contribution in [0.3, 0.4) is 0 Å². The van der Waals surface area contributed by atoms with Crippen LogP contribution in [0.15, 0.2) is 23.6 Å². The quantitative estimate of drug-likeness (QED) is 0.836. The summed E-state index contributed by atoms with van der Waals surface area (Å²) in [4.78, 5) is 4.75. The van der Waals surface area contributed by atoms with Crippen molar-refractivity contribution in [1.82, 2.24) is 10.3 Å². The van der Waals surface area contributed by atoms with Crippen molar-refractivity contribution in [2.24, 2.45) is 0 Å². The first-order valence-corrected chi connectivity index (χ1v) is 8.34. The highest BCUT2D eigenvalue weighted by Crippen LogP contribution is 2.34. The summed E-state index contributed by atoms with van der Waals surface area (Å²) in [5.74, 6) is 1.45. The molecule has 1 heterocycles. The Morgan fingerprint density at radius 3 is 2.86 bits per heavy atom. The summed E-state index contributed by atoms with van der Waals surface area (Å²) in [6.07, 6.45) is 2.10. The van der Waals surface area contributed by atoms with Crippen LogP contribution in [0.2, 0.25) is 0 Å². The fourth-order valence-corrected chi connectivity index (χ4v) is 3.05. The summed E-state index contributed by atoms with van der Waals surface area (Å²) in [5.41, 5.74) is 3.47. The summed E-state index contributed by atoms with van der Waals surface area (Å²) < 4.78 is 5.51. The van der Waals surface area contributed by atoms with E-state index in [2.05, 4.69) is 42.7 Å². The molecule has 1 unspecified atom stereocenters. The van der Waals surface area contributed by atoms with Crippen LogP contribution in [-0.2, 0) is 6.42 Å². The fraction of sp³-hybridized carbons (Fsp3) is 0.471. The summed E-state index contributed by atoms with van der Waals surface area (Å²) in [7, 11) is 3.68. The van der Waals surface area contributed by atoms with E-state index in [9.17, 15) is 0 Å². The lowest BCUT2D eigenvalue weighted by atomic mass is 9.96. The van der Waals surface area contributed by atoms with Crippen molar-refractivity contribution in [1.29, 1.82) is 0 Å². The summed E-state index contributed by atoms with van der Waals surface area (Å²) >= 11 is 1.72. The molecule has 0 radical (unpaired) electrons. The average Bonchev–Trinajstić information content (AvgIpc) is 3.00. The topological polar surface area (TPSA) is 34.1 Å². The lowest BCUT2D eigenvalue weighted by molar-refractivity contribution is 0.416. The number of nitrogens with zero attached hydrogens (tertiary/aromatic N) is 1. The minimum Gasteiger partial charge on any atom is -0.496 e. The maximum Gasteiger partial charge on any atom is 0.128 e. The lowest BCUT2D eigenvalue weighted by Gasteiger charge is -2.13. The van der Waals surface area contributed by atoms with Gasteiger partial charge in [-0.05, 0) is 37.1 Å². The number of hydrogen-bond donors (Lipinski definition) is 1. The molecule has 2 rings (SSSR count). The lowest BCUT2D eigenvalue weighted by Crippen LogP contribution is -2.09. The Labute approximate surface area is 131 Å². The third kappa shape index (κ3) is 3.83. The molecule has 1 N–H and O–H groups in total. The second-order valence-electron chi connectivity index (χ2n) is 5.25. The molecule has 0 aliphatic rings. The Morgan fingerprint density at radius 2 is 2.19 bits per heavy atom. The smallest absolute Gasteiger partial charge is 0.128 e. The van der Waals surface area contributed by atoms with Crippen LogP contribution in [0.1, 0.15) is 36.8 Å². The third-order valence-corrected chi connectivity index (χ3v) is 4.73. The number of thiazole rings is 1. The van der Waals surface area contributed by atoms with E-state index in [0.717, 1.165) is 41.4 Å². The van der Waals surface area contributed by atoms with Crippen molar-refractivity contribution in [2.45, 2.75) is 32.6 Å². The molecule has 114 valence electrons. The van der Waals surface area contributed by atoms with Gasteiger partial charge in [0.15, 0.2) is 0 Å². The highest BCUT2D eigenvalue weighted by atomic mass is 32.1. The zero-order valence-electron chi connectivity index (χ0n) is 13.3. The van der Waals surface area contributed by atoms with Crippen LogP contribution in [0.4, 0.5) is 0 Å². The van der Waals surface area contributed by atoms with E-state index < -0.39 is 0 Å². The third-order valence-electron chi connectivity index (χ3n) is 3.82. The van der Waals surface area contributed by atoms with E-state index in [1.54, 1.807) is 18.4 Å². The Balaban J connectivity index is 2.34. The van der Waals surface area contributed by atoms with E-state index in [1.807, 2.05) is 7.05 Å². The number of rotatable bonds is 7. The predicted molar refractivity (Wildman–Crippen MR) is 90.4 cm³/mol. The summed E-state index contributed by atoms with van der Waals surface area (Å²) in [6, 6.07) is 6.44. The van der Waals surface area contributed by atoms with Gasteiger partial charge in [-0.1, -0.05) is 19.9 Å². The van der Waals surface area contributed by atoms with Gasteiger partial charge in [-0.3, -0.25) is 0 Å². The molecule has 0 saturated carbocycles. The summed E-state index contributed by atoms with van der Waals surface area (Å²) in [5, 5.41) is 6.45. The van der Waals surface area contributed by atoms with Crippen LogP contribution < -0.4 is 10.1 Å². The molecular weight excluding hydrogens is 280 g/mol. The Bertz CT molecular complexity index is 580. The van der Waals surface area contributed by atoms with Crippen LogP contribution in [0, 0.1) is 0 Å². The van der Waals surface area contributed by atoms with E-state index >= 15 is 0 Å². The molecule has 0 aliphatic heterocycles. The minimum absolute atomic E-state index is 0.553.